The van der Waals surface area contributed by atoms with Crippen LogP contribution in [0.5, 0.6) is 0 Å². The van der Waals surface area contributed by atoms with Gasteiger partial charge in [0, 0.05) is 17.7 Å². The molecule has 0 bridgehead atoms. The lowest BCUT2D eigenvalue weighted by Gasteiger charge is -2.02. The average Bonchev–Trinajstić information content (AvgIpc) is 2.76. The number of rotatable bonds is 4. The highest BCUT2D eigenvalue weighted by atomic mass is 32.1. The molecule has 0 radical (unpaired) electrons. The average molecular weight is 276 g/mol. The summed E-state index contributed by atoms with van der Waals surface area (Å²) in [4.78, 5) is 11.6. The van der Waals surface area contributed by atoms with Gasteiger partial charge in [-0.1, -0.05) is 37.3 Å². The molecule has 1 heterocycles. The first kappa shape index (κ1) is 13.5. The smallest absolute Gasteiger partial charge is 0.226 e. The molecule has 0 aliphatic rings. The maximum Gasteiger partial charge on any atom is 0.226 e. The SMILES string of the molecule is CC(C)CC(=O)Nc1nnc(-c2cccc(N)c2)s1. The molecule has 0 aliphatic carbocycles. The Labute approximate surface area is 115 Å². The van der Waals surface area contributed by atoms with Gasteiger partial charge < -0.3 is 11.1 Å². The van der Waals surface area contributed by atoms with Gasteiger partial charge in [0.25, 0.3) is 0 Å². The second-order valence-corrected chi connectivity index (χ2v) is 5.66. The number of carbonyl (C=O) groups is 1. The summed E-state index contributed by atoms with van der Waals surface area (Å²) < 4.78 is 0. The number of amides is 1. The van der Waals surface area contributed by atoms with Crippen molar-refractivity contribution in [2.24, 2.45) is 5.92 Å². The topological polar surface area (TPSA) is 80.9 Å². The van der Waals surface area contributed by atoms with Crippen molar-refractivity contribution < 1.29 is 4.79 Å². The predicted molar refractivity (Wildman–Crippen MR) is 77.8 cm³/mol. The number of nitrogen functional groups attached to an aromatic ring is 1. The maximum absolute atomic E-state index is 11.6. The molecule has 5 nitrogen and oxygen atoms in total. The van der Waals surface area contributed by atoms with Crippen molar-refractivity contribution in [3.05, 3.63) is 24.3 Å². The highest BCUT2D eigenvalue weighted by Crippen LogP contribution is 2.27. The third-order valence-corrected chi connectivity index (χ3v) is 3.29. The number of nitrogens with two attached hydrogens (primary N) is 1. The van der Waals surface area contributed by atoms with Gasteiger partial charge in [0.15, 0.2) is 0 Å². The minimum absolute atomic E-state index is 0.0368. The fraction of sp³-hybridized carbons (Fsp3) is 0.308. The van der Waals surface area contributed by atoms with Crippen LogP contribution in [0.1, 0.15) is 20.3 Å². The largest absolute Gasteiger partial charge is 0.399 e. The van der Waals surface area contributed by atoms with E-state index in [9.17, 15) is 4.79 Å². The molecule has 2 rings (SSSR count). The molecule has 100 valence electrons. The van der Waals surface area contributed by atoms with E-state index in [-0.39, 0.29) is 5.91 Å². The van der Waals surface area contributed by atoms with Gasteiger partial charge >= 0.3 is 0 Å². The quantitative estimate of drug-likeness (QED) is 0.841. The van der Waals surface area contributed by atoms with Gasteiger partial charge in [0.05, 0.1) is 0 Å². The molecule has 1 aromatic heterocycles. The van der Waals surface area contributed by atoms with Crippen molar-refractivity contribution in [2.45, 2.75) is 20.3 Å². The molecule has 0 spiro atoms. The molecule has 0 atom stereocenters. The lowest BCUT2D eigenvalue weighted by molar-refractivity contribution is -0.116. The molecule has 0 unspecified atom stereocenters. The van der Waals surface area contributed by atoms with Crippen molar-refractivity contribution in [3.63, 3.8) is 0 Å². The number of hydrogen-bond acceptors (Lipinski definition) is 5. The van der Waals surface area contributed by atoms with E-state index < -0.39 is 0 Å². The minimum Gasteiger partial charge on any atom is -0.399 e. The first-order valence-electron chi connectivity index (χ1n) is 6.04. The fourth-order valence-corrected chi connectivity index (χ4v) is 2.36. The maximum atomic E-state index is 11.6. The molecule has 0 fully saturated rings. The molecular formula is C13H16N4OS. The summed E-state index contributed by atoms with van der Waals surface area (Å²) in [5.41, 5.74) is 7.31. The van der Waals surface area contributed by atoms with E-state index >= 15 is 0 Å². The van der Waals surface area contributed by atoms with Crippen LogP contribution in [0.2, 0.25) is 0 Å². The first-order valence-corrected chi connectivity index (χ1v) is 6.85. The summed E-state index contributed by atoms with van der Waals surface area (Å²) in [7, 11) is 0. The van der Waals surface area contributed by atoms with Gasteiger partial charge in [-0.15, -0.1) is 10.2 Å². The molecule has 6 heteroatoms. The first-order chi connectivity index (χ1) is 9.04. The summed E-state index contributed by atoms with van der Waals surface area (Å²) >= 11 is 1.34. The van der Waals surface area contributed by atoms with Crippen molar-refractivity contribution in [2.75, 3.05) is 11.1 Å². The van der Waals surface area contributed by atoms with Gasteiger partial charge in [-0.3, -0.25) is 4.79 Å². The Morgan fingerprint density at radius 1 is 1.42 bits per heavy atom. The van der Waals surface area contributed by atoms with E-state index in [0.717, 1.165) is 10.6 Å². The van der Waals surface area contributed by atoms with Gasteiger partial charge in [0.1, 0.15) is 5.01 Å². The molecular weight excluding hydrogens is 260 g/mol. The Morgan fingerprint density at radius 2 is 2.21 bits per heavy atom. The summed E-state index contributed by atoms with van der Waals surface area (Å²) in [6.07, 6.45) is 0.479. The van der Waals surface area contributed by atoms with E-state index in [4.69, 9.17) is 5.73 Å². The normalized spacial score (nSPS) is 10.7. The number of nitrogens with one attached hydrogen (secondary N) is 1. The number of carbonyl (C=O) groups excluding carboxylic acids is 1. The standard InChI is InChI=1S/C13H16N4OS/c1-8(2)6-11(18)15-13-17-16-12(19-13)9-4-3-5-10(14)7-9/h3-5,7-8H,6,14H2,1-2H3,(H,15,17,18). The van der Waals surface area contributed by atoms with Crippen LogP contribution in [-0.4, -0.2) is 16.1 Å². The Hall–Kier alpha value is -1.95. The zero-order valence-electron chi connectivity index (χ0n) is 10.9. The number of benzene rings is 1. The number of anilines is 2. The number of hydrogen-bond donors (Lipinski definition) is 2. The predicted octanol–water partition coefficient (Wildman–Crippen LogP) is 2.77. The van der Waals surface area contributed by atoms with Crippen LogP contribution in [0.25, 0.3) is 10.6 Å². The van der Waals surface area contributed by atoms with E-state index in [1.54, 1.807) is 0 Å². The Morgan fingerprint density at radius 3 is 2.89 bits per heavy atom. The molecule has 2 aromatic rings. The number of aromatic nitrogens is 2. The second-order valence-electron chi connectivity index (χ2n) is 4.68. The van der Waals surface area contributed by atoms with Crippen LogP contribution < -0.4 is 11.1 Å². The van der Waals surface area contributed by atoms with E-state index in [1.807, 2.05) is 38.1 Å². The van der Waals surface area contributed by atoms with Crippen LogP contribution in [0.15, 0.2) is 24.3 Å². The summed E-state index contributed by atoms with van der Waals surface area (Å²) in [6.45, 7) is 4.00. The monoisotopic (exact) mass is 276 g/mol. The van der Waals surface area contributed by atoms with Crippen molar-refractivity contribution in [1.82, 2.24) is 10.2 Å². The molecule has 19 heavy (non-hydrogen) atoms. The van der Waals surface area contributed by atoms with Gasteiger partial charge in [-0.25, -0.2) is 0 Å². The second kappa shape index (κ2) is 5.79. The lowest BCUT2D eigenvalue weighted by atomic mass is 10.1. The Bertz CT molecular complexity index is 580. The number of nitrogens with zero attached hydrogens (tertiary/aromatic N) is 2. The van der Waals surface area contributed by atoms with Crippen LogP contribution >= 0.6 is 11.3 Å². The van der Waals surface area contributed by atoms with Crippen LogP contribution in [0.4, 0.5) is 10.8 Å². The Balaban J connectivity index is 2.09. The fourth-order valence-electron chi connectivity index (χ4n) is 1.60. The minimum atomic E-state index is -0.0368. The van der Waals surface area contributed by atoms with Crippen LogP contribution in [0.3, 0.4) is 0 Å². The highest BCUT2D eigenvalue weighted by Gasteiger charge is 2.10. The summed E-state index contributed by atoms with van der Waals surface area (Å²) in [5.74, 6) is 0.284. The van der Waals surface area contributed by atoms with Crippen molar-refractivity contribution in [1.29, 1.82) is 0 Å². The van der Waals surface area contributed by atoms with Gasteiger partial charge in [-0.05, 0) is 18.1 Å². The lowest BCUT2D eigenvalue weighted by Crippen LogP contribution is -2.13. The zero-order valence-corrected chi connectivity index (χ0v) is 11.7. The molecule has 0 saturated carbocycles. The van der Waals surface area contributed by atoms with Gasteiger partial charge in [0.2, 0.25) is 11.0 Å². The van der Waals surface area contributed by atoms with E-state index in [1.165, 1.54) is 11.3 Å². The molecule has 0 saturated heterocycles. The van der Waals surface area contributed by atoms with Crippen molar-refractivity contribution >= 4 is 28.1 Å². The van der Waals surface area contributed by atoms with E-state index in [2.05, 4.69) is 15.5 Å². The molecule has 1 aromatic carbocycles. The third kappa shape index (κ3) is 3.75. The Kier molecular flexibility index (Phi) is 4.11. The van der Waals surface area contributed by atoms with Crippen LogP contribution in [0, 0.1) is 5.92 Å². The summed E-state index contributed by atoms with van der Waals surface area (Å²) in [6, 6.07) is 7.43. The summed E-state index contributed by atoms with van der Waals surface area (Å²) in [5, 5.41) is 12.0. The third-order valence-electron chi connectivity index (χ3n) is 2.40. The molecule has 0 aliphatic heterocycles. The molecule has 1 amide bonds. The zero-order chi connectivity index (χ0) is 13.8. The molecule has 3 N–H and O–H groups in total. The van der Waals surface area contributed by atoms with E-state index in [0.29, 0.717) is 23.2 Å². The van der Waals surface area contributed by atoms with Gasteiger partial charge in [-0.2, -0.15) is 0 Å². The van der Waals surface area contributed by atoms with Crippen LogP contribution in [-0.2, 0) is 4.79 Å². The van der Waals surface area contributed by atoms with Crippen molar-refractivity contribution in [3.8, 4) is 10.6 Å². The highest BCUT2D eigenvalue weighted by molar-refractivity contribution is 7.18.